The summed E-state index contributed by atoms with van der Waals surface area (Å²) < 4.78 is 11.1. The fraction of sp³-hybridized carbons (Fsp3) is 0.486. The first-order valence-corrected chi connectivity index (χ1v) is 16.6. The molecule has 1 aromatic heterocycles. The van der Waals surface area contributed by atoms with Crippen LogP contribution in [0.3, 0.4) is 0 Å². The number of hydrogen-bond donors (Lipinski definition) is 3. The second-order valence-electron chi connectivity index (χ2n) is 14.0. The van der Waals surface area contributed by atoms with Gasteiger partial charge in [0.25, 0.3) is 0 Å². The quantitative estimate of drug-likeness (QED) is 0.247. The molecule has 1 unspecified atom stereocenters. The van der Waals surface area contributed by atoms with Gasteiger partial charge in [-0.1, -0.05) is 42.5 Å². The molecule has 1 aliphatic carbocycles. The molecule has 10 nitrogen and oxygen atoms in total. The molecule has 3 amide bonds. The molecule has 2 heterocycles. The Balaban J connectivity index is 1.23. The molecule has 2 aliphatic rings. The van der Waals surface area contributed by atoms with E-state index in [-0.39, 0.29) is 11.9 Å². The van der Waals surface area contributed by atoms with Gasteiger partial charge in [-0.15, -0.1) is 11.3 Å². The van der Waals surface area contributed by atoms with E-state index in [1.165, 1.54) is 11.3 Å². The summed E-state index contributed by atoms with van der Waals surface area (Å²) in [5, 5.41) is 17.4. The zero-order valence-electron chi connectivity index (χ0n) is 27.3. The van der Waals surface area contributed by atoms with Crippen molar-refractivity contribution in [1.82, 2.24) is 9.88 Å². The van der Waals surface area contributed by atoms with E-state index in [4.69, 9.17) is 9.47 Å². The van der Waals surface area contributed by atoms with Crippen LogP contribution in [0.25, 0.3) is 0 Å². The molecular formula is C35H44N4O6S. The van der Waals surface area contributed by atoms with E-state index in [2.05, 4.69) is 15.6 Å². The minimum atomic E-state index is -0.825. The van der Waals surface area contributed by atoms with Crippen molar-refractivity contribution in [1.29, 1.82) is 0 Å². The molecule has 0 saturated carbocycles. The van der Waals surface area contributed by atoms with Gasteiger partial charge >= 0.3 is 12.2 Å². The first-order chi connectivity index (χ1) is 21.7. The average molecular weight is 649 g/mol. The monoisotopic (exact) mass is 648 g/mol. The SMILES string of the molecule is CC(C)(C)OC(=O)Nc1nc2c(s1)CCC2C(=O)Nc1ccc(C[C@@H]2CC[C@H]([C@H](O)c3ccccc3)N2C(=O)OC(C)(C)C)cc1. The van der Waals surface area contributed by atoms with Crippen LogP contribution in [0.1, 0.15) is 94.5 Å². The van der Waals surface area contributed by atoms with Gasteiger partial charge in [0.1, 0.15) is 11.2 Å². The molecule has 0 spiro atoms. The molecule has 46 heavy (non-hydrogen) atoms. The lowest BCUT2D eigenvalue weighted by molar-refractivity contribution is -0.117. The highest BCUT2D eigenvalue weighted by molar-refractivity contribution is 7.16. The topological polar surface area (TPSA) is 130 Å². The minimum Gasteiger partial charge on any atom is -0.444 e. The van der Waals surface area contributed by atoms with Crippen molar-refractivity contribution in [3.05, 3.63) is 76.3 Å². The van der Waals surface area contributed by atoms with Crippen LogP contribution in [-0.2, 0) is 27.1 Å². The smallest absolute Gasteiger partial charge is 0.413 e. The second kappa shape index (κ2) is 13.4. The number of nitrogens with zero attached hydrogens (tertiary/aromatic N) is 2. The van der Waals surface area contributed by atoms with Crippen molar-refractivity contribution in [2.24, 2.45) is 0 Å². The van der Waals surface area contributed by atoms with E-state index >= 15 is 0 Å². The molecular weight excluding hydrogens is 604 g/mol. The van der Waals surface area contributed by atoms with Gasteiger partial charge in [-0.3, -0.25) is 15.0 Å². The van der Waals surface area contributed by atoms with E-state index in [0.29, 0.717) is 35.8 Å². The highest BCUT2D eigenvalue weighted by atomic mass is 32.1. The number of ether oxygens (including phenoxy) is 2. The molecule has 1 saturated heterocycles. The van der Waals surface area contributed by atoms with E-state index in [1.807, 2.05) is 75.4 Å². The Morgan fingerprint density at radius 1 is 0.935 bits per heavy atom. The number of aromatic nitrogens is 1. The molecule has 5 rings (SSSR count). The number of anilines is 2. The Kier molecular flexibility index (Phi) is 9.74. The fourth-order valence-electron chi connectivity index (χ4n) is 6.05. The van der Waals surface area contributed by atoms with Crippen LogP contribution in [-0.4, -0.2) is 56.4 Å². The number of fused-ring (bicyclic) bond motifs is 1. The zero-order valence-corrected chi connectivity index (χ0v) is 28.1. The van der Waals surface area contributed by atoms with Crippen molar-refractivity contribution in [2.75, 3.05) is 10.6 Å². The standard InChI is InChI=1S/C35H44N4O6S/c1-34(2,3)44-32(42)38-31-37-28-25(17-19-27(28)46-31)30(41)36-23-14-12-21(13-15-23)20-24-16-18-26(29(40)22-10-8-7-9-11-22)39(24)33(43)45-35(4,5)6/h7-15,24-26,29,40H,16-20H2,1-6H3,(H,36,41)(H,37,38,42)/t24-,25?,26+,29+/m0/s1. The Morgan fingerprint density at radius 2 is 1.61 bits per heavy atom. The number of aliphatic hydroxyl groups is 1. The van der Waals surface area contributed by atoms with Crippen LogP contribution >= 0.6 is 11.3 Å². The number of likely N-dealkylation sites (tertiary alicyclic amines) is 1. The molecule has 4 atom stereocenters. The summed E-state index contributed by atoms with van der Waals surface area (Å²) in [7, 11) is 0. The average Bonchev–Trinajstić information content (AvgIpc) is 3.66. The van der Waals surface area contributed by atoms with E-state index < -0.39 is 41.5 Å². The summed E-state index contributed by atoms with van der Waals surface area (Å²) in [5.74, 6) is -0.556. The highest BCUT2D eigenvalue weighted by Crippen LogP contribution is 2.39. The lowest BCUT2D eigenvalue weighted by Crippen LogP contribution is -2.47. The van der Waals surface area contributed by atoms with E-state index in [1.54, 1.807) is 25.7 Å². The third-order valence-electron chi connectivity index (χ3n) is 7.99. The first kappa shape index (κ1) is 33.4. The Morgan fingerprint density at radius 3 is 2.26 bits per heavy atom. The lowest BCUT2D eigenvalue weighted by Gasteiger charge is -2.35. The van der Waals surface area contributed by atoms with Crippen LogP contribution in [0.4, 0.5) is 20.4 Å². The number of aryl methyl sites for hydroxylation is 1. The van der Waals surface area contributed by atoms with Gasteiger partial charge in [0.15, 0.2) is 5.13 Å². The molecule has 1 aliphatic heterocycles. The highest BCUT2D eigenvalue weighted by Gasteiger charge is 2.43. The largest absolute Gasteiger partial charge is 0.444 e. The molecule has 0 bridgehead atoms. The van der Waals surface area contributed by atoms with Gasteiger partial charge in [-0.05, 0) is 96.9 Å². The Labute approximate surface area is 274 Å². The van der Waals surface area contributed by atoms with Gasteiger partial charge < -0.3 is 19.9 Å². The Hall–Kier alpha value is -3.96. The number of carbonyl (C=O) groups is 3. The van der Waals surface area contributed by atoms with Crippen molar-refractivity contribution >= 4 is 40.2 Å². The molecule has 0 radical (unpaired) electrons. The molecule has 11 heteroatoms. The van der Waals surface area contributed by atoms with Gasteiger partial charge in [-0.25, -0.2) is 14.6 Å². The molecule has 2 aromatic carbocycles. The first-order valence-electron chi connectivity index (χ1n) is 15.8. The van der Waals surface area contributed by atoms with E-state index in [0.717, 1.165) is 28.8 Å². The normalized spacial score (nSPS) is 20.2. The van der Waals surface area contributed by atoms with Crippen molar-refractivity contribution in [3.63, 3.8) is 0 Å². The van der Waals surface area contributed by atoms with Gasteiger partial charge in [0, 0.05) is 16.6 Å². The third kappa shape index (κ3) is 8.24. The maximum atomic E-state index is 13.4. The van der Waals surface area contributed by atoms with Gasteiger partial charge in [0.2, 0.25) is 5.91 Å². The maximum absolute atomic E-state index is 13.4. The molecule has 3 N–H and O–H groups in total. The number of benzene rings is 2. The number of nitrogens with one attached hydrogen (secondary N) is 2. The predicted octanol–water partition coefficient (Wildman–Crippen LogP) is 7.20. The second-order valence-corrected chi connectivity index (χ2v) is 15.1. The summed E-state index contributed by atoms with van der Waals surface area (Å²) in [6.07, 6.45) is 1.52. The Bertz CT molecular complexity index is 1540. The fourth-order valence-corrected chi connectivity index (χ4v) is 7.07. The summed E-state index contributed by atoms with van der Waals surface area (Å²) >= 11 is 1.37. The summed E-state index contributed by atoms with van der Waals surface area (Å²) in [6, 6.07) is 16.5. The number of amides is 3. The van der Waals surface area contributed by atoms with Crippen LogP contribution in [0.15, 0.2) is 54.6 Å². The molecule has 1 fully saturated rings. The number of rotatable bonds is 7. The predicted molar refractivity (Wildman–Crippen MR) is 178 cm³/mol. The van der Waals surface area contributed by atoms with Crippen molar-refractivity contribution in [3.8, 4) is 0 Å². The van der Waals surface area contributed by atoms with Crippen LogP contribution in [0.2, 0.25) is 0 Å². The minimum absolute atomic E-state index is 0.148. The lowest BCUT2D eigenvalue weighted by atomic mass is 10.0. The van der Waals surface area contributed by atoms with Crippen molar-refractivity contribution < 1.29 is 29.0 Å². The number of hydrogen-bond acceptors (Lipinski definition) is 8. The van der Waals surface area contributed by atoms with Crippen LogP contribution in [0.5, 0.6) is 0 Å². The van der Waals surface area contributed by atoms with E-state index in [9.17, 15) is 19.5 Å². The van der Waals surface area contributed by atoms with Gasteiger partial charge in [0.05, 0.1) is 23.8 Å². The molecule has 246 valence electrons. The maximum Gasteiger partial charge on any atom is 0.413 e. The summed E-state index contributed by atoms with van der Waals surface area (Å²) in [6.45, 7) is 10.9. The summed E-state index contributed by atoms with van der Waals surface area (Å²) in [5.41, 5.74) is 1.85. The van der Waals surface area contributed by atoms with Gasteiger partial charge in [-0.2, -0.15) is 0 Å². The van der Waals surface area contributed by atoms with Crippen LogP contribution < -0.4 is 10.6 Å². The zero-order chi connectivity index (χ0) is 33.2. The van der Waals surface area contributed by atoms with Crippen molar-refractivity contribution in [2.45, 2.75) is 109 Å². The number of aliphatic hydroxyl groups excluding tert-OH is 1. The number of thiazole rings is 1. The summed E-state index contributed by atoms with van der Waals surface area (Å²) in [4.78, 5) is 46.1. The third-order valence-corrected chi connectivity index (χ3v) is 9.04. The number of carbonyl (C=O) groups excluding carboxylic acids is 3. The van der Waals surface area contributed by atoms with Crippen LogP contribution in [0, 0.1) is 0 Å². The molecule has 3 aromatic rings.